The highest BCUT2D eigenvalue weighted by Crippen LogP contribution is 2.16. The molecule has 2 heterocycles. The molecule has 0 bridgehead atoms. The highest BCUT2D eigenvalue weighted by molar-refractivity contribution is 7.89. The maximum absolute atomic E-state index is 12.5. The van der Waals surface area contributed by atoms with E-state index >= 15 is 0 Å². The molecule has 0 aliphatic rings. The van der Waals surface area contributed by atoms with Gasteiger partial charge in [-0.05, 0) is 43.2 Å². The smallest absolute Gasteiger partial charge is 0.278 e. The monoisotopic (exact) mass is 387 g/mol. The summed E-state index contributed by atoms with van der Waals surface area (Å²) in [5.41, 5.74) is 1.93. The lowest BCUT2D eigenvalue weighted by atomic mass is 10.2. The van der Waals surface area contributed by atoms with Crippen LogP contribution < -0.4 is 10.4 Å². The zero-order valence-corrected chi connectivity index (χ0v) is 16.2. The molecular weight excluding hydrogens is 366 g/mol. The van der Waals surface area contributed by atoms with Gasteiger partial charge in [0.2, 0.25) is 10.0 Å². The largest absolute Gasteiger partial charge is 0.345 e. The molecule has 1 N–H and O–H groups in total. The van der Waals surface area contributed by atoms with Gasteiger partial charge in [0.1, 0.15) is 0 Å². The van der Waals surface area contributed by atoms with E-state index in [2.05, 4.69) is 14.8 Å². The third-order valence-electron chi connectivity index (χ3n) is 4.21. The van der Waals surface area contributed by atoms with Crippen molar-refractivity contribution in [3.8, 4) is 11.4 Å². The summed E-state index contributed by atoms with van der Waals surface area (Å²) in [5, 5.41) is 4.30. The lowest BCUT2D eigenvalue weighted by molar-refractivity contribution is 0.550. The van der Waals surface area contributed by atoms with Crippen LogP contribution in [0.25, 0.3) is 11.4 Å². The van der Waals surface area contributed by atoms with Gasteiger partial charge in [-0.25, -0.2) is 22.6 Å². The number of nitrogens with zero attached hydrogens (tertiary/aromatic N) is 4. The SMILES string of the molecule is Cc1ccc(C)c(S(=O)(=O)NCCn2nc(-c3cccnc3)n(C)c2=O)c1. The number of rotatable bonds is 6. The molecule has 3 rings (SSSR count). The number of hydrogen-bond acceptors (Lipinski definition) is 5. The van der Waals surface area contributed by atoms with Crippen LogP contribution in [0.3, 0.4) is 0 Å². The molecule has 8 nitrogen and oxygen atoms in total. The van der Waals surface area contributed by atoms with E-state index in [9.17, 15) is 13.2 Å². The first-order valence-corrected chi connectivity index (χ1v) is 9.89. The Morgan fingerprint density at radius 3 is 2.67 bits per heavy atom. The van der Waals surface area contributed by atoms with E-state index in [1.165, 1.54) is 9.25 Å². The van der Waals surface area contributed by atoms with Crippen LogP contribution in [0.15, 0.2) is 52.4 Å². The summed E-state index contributed by atoms with van der Waals surface area (Å²) in [7, 11) is -2.04. The van der Waals surface area contributed by atoms with Crippen molar-refractivity contribution in [2.24, 2.45) is 7.05 Å². The minimum Gasteiger partial charge on any atom is -0.278 e. The van der Waals surface area contributed by atoms with Crippen molar-refractivity contribution < 1.29 is 8.42 Å². The van der Waals surface area contributed by atoms with E-state index in [0.29, 0.717) is 17.0 Å². The van der Waals surface area contributed by atoms with Crippen LogP contribution in [-0.2, 0) is 23.6 Å². The molecule has 0 amide bonds. The molecule has 9 heteroatoms. The van der Waals surface area contributed by atoms with Gasteiger partial charge in [-0.15, -0.1) is 5.10 Å². The highest BCUT2D eigenvalue weighted by atomic mass is 32.2. The van der Waals surface area contributed by atoms with Crippen molar-refractivity contribution in [3.05, 3.63) is 64.3 Å². The second-order valence-corrected chi connectivity index (χ2v) is 8.03. The standard InChI is InChI=1S/C18H21N5O3S/c1-13-6-7-14(2)16(11-13)27(25,26)20-9-10-23-18(24)22(3)17(21-23)15-5-4-8-19-12-15/h4-8,11-12,20H,9-10H2,1-3H3. The molecule has 0 radical (unpaired) electrons. The average molecular weight is 387 g/mol. The van der Waals surface area contributed by atoms with Crippen molar-refractivity contribution in [2.45, 2.75) is 25.3 Å². The maximum Gasteiger partial charge on any atom is 0.345 e. The zero-order valence-electron chi connectivity index (χ0n) is 15.4. The minimum absolute atomic E-state index is 0.0547. The van der Waals surface area contributed by atoms with E-state index in [4.69, 9.17) is 0 Å². The Hall–Kier alpha value is -2.78. The number of nitrogens with one attached hydrogen (secondary N) is 1. The summed E-state index contributed by atoms with van der Waals surface area (Å²) in [6, 6.07) is 8.83. The highest BCUT2D eigenvalue weighted by Gasteiger charge is 2.17. The Labute approximate surface area is 157 Å². The molecule has 0 atom stereocenters. The van der Waals surface area contributed by atoms with Gasteiger partial charge in [0, 0.05) is 31.5 Å². The third-order valence-corrected chi connectivity index (χ3v) is 5.81. The molecule has 0 saturated heterocycles. The van der Waals surface area contributed by atoms with Crippen LogP contribution in [-0.4, -0.2) is 34.3 Å². The van der Waals surface area contributed by atoms with Gasteiger partial charge in [-0.1, -0.05) is 12.1 Å². The first kappa shape index (κ1) is 19.0. The number of hydrogen-bond donors (Lipinski definition) is 1. The molecule has 0 fully saturated rings. The Morgan fingerprint density at radius 1 is 1.19 bits per heavy atom. The fourth-order valence-electron chi connectivity index (χ4n) is 2.74. The third kappa shape index (κ3) is 3.99. The first-order chi connectivity index (χ1) is 12.8. The van der Waals surface area contributed by atoms with Gasteiger partial charge in [-0.3, -0.25) is 9.55 Å². The number of aromatic nitrogens is 4. The summed E-state index contributed by atoms with van der Waals surface area (Å²) >= 11 is 0. The predicted octanol–water partition coefficient (Wildman–Crippen LogP) is 1.24. The first-order valence-electron chi connectivity index (χ1n) is 8.41. The predicted molar refractivity (Wildman–Crippen MR) is 102 cm³/mol. The molecule has 0 spiro atoms. The summed E-state index contributed by atoms with van der Waals surface area (Å²) in [4.78, 5) is 16.6. The topological polar surface area (TPSA) is 98.9 Å². The van der Waals surface area contributed by atoms with Gasteiger partial charge in [-0.2, -0.15) is 0 Å². The normalized spacial score (nSPS) is 11.7. The van der Waals surface area contributed by atoms with E-state index < -0.39 is 10.0 Å². The summed E-state index contributed by atoms with van der Waals surface area (Å²) < 4.78 is 30.3. The van der Waals surface area contributed by atoms with Crippen LogP contribution >= 0.6 is 0 Å². The number of pyridine rings is 1. The molecule has 2 aromatic heterocycles. The van der Waals surface area contributed by atoms with Crippen molar-refractivity contribution in [2.75, 3.05) is 6.54 Å². The zero-order chi connectivity index (χ0) is 19.6. The summed E-state index contributed by atoms with van der Waals surface area (Å²) in [6.45, 7) is 3.76. The molecule has 27 heavy (non-hydrogen) atoms. The maximum atomic E-state index is 12.5. The van der Waals surface area contributed by atoms with E-state index in [-0.39, 0.29) is 23.7 Å². The lowest BCUT2D eigenvalue weighted by Crippen LogP contribution is -2.32. The second kappa shape index (κ2) is 7.45. The van der Waals surface area contributed by atoms with Gasteiger partial charge in [0.25, 0.3) is 0 Å². The number of sulfonamides is 1. The fourth-order valence-corrected chi connectivity index (χ4v) is 4.09. The molecular formula is C18H21N5O3S. The van der Waals surface area contributed by atoms with E-state index in [1.54, 1.807) is 44.6 Å². The summed E-state index contributed by atoms with van der Waals surface area (Å²) in [5.74, 6) is 0.477. The Kier molecular flexibility index (Phi) is 5.24. The van der Waals surface area contributed by atoms with Crippen molar-refractivity contribution in [1.82, 2.24) is 24.1 Å². The van der Waals surface area contributed by atoms with Gasteiger partial charge in [0.05, 0.1) is 11.4 Å². The van der Waals surface area contributed by atoms with Gasteiger partial charge >= 0.3 is 5.69 Å². The van der Waals surface area contributed by atoms with Crippen molar-refractivity contribution in [3.63, 3.8) is 0 Å². The molecule has 0 aliphatic heterocycles. The quantitative estimate of drug-likeness (QED) is 0.686. The van der Waals surface area contributed by atoms with Gasteiger partial charge in [0.15, 0.2) is 5.82 Å². The Balaban J connectivity index is 1.76. The van der Waals surface area contributed by atoms with E-state index in [1.807, 2.05) is 19.1 Å². The van der Waals surface area contributed by atoms with Crippen LogP contribution in [0.2, 0.25) is 0 Å². The second-order valence-electron chi connectivity index (χ2n) is 6.30. The molecule has 3 aromatic rings. The Morgan fingerprint density at radius 2 is 1.96 bits per heavy atom. The molecule has 1 aromatic carbocycles. The van der Waals surface area contributed by atoms with E-state index in [0.717, 1.165) is 5.56 Å². The molecule has 142 valence electrons. The molecule has 0 saturated carbocycles. The van der Waals surface area contributed by atoms with Crippen LogP contribution in [0, 0.1) is 13.8 Å². The lowest BCUT2D eigenvalue weighted by Gasteiger charge is -2.10. The van der Waals surface area contributed by atoms with Crippen LogP contribution in [0.5, 0.6) is 0 Å². The van der Waals surface area contributed by atoms with Crippen molar-refractivity contribution in [1.29, 1.82) is 0 Å². The minimum atomic E-state index is -3.66. The molecule has 0 unspecified atom stereocenters. The van der Waals surface area contributed by atoms with Crippen LogP contribution in [0.4, 0.5) is 0 Å². The van der Waals surface area contributed by atoms with Crippen molar-refractivity contribution >= 4 is 10.0 Å². The summed E-state index contributed by atoms with van der Waals surface area (Å²) in [6.07, 6.45) is 3.26. The average Bonchev–Trinajstić information content (AvgIpc) is 2.93. The van der Waals surface area contributed by atoms with Gasteiger partial charge < -0.3 is 0 Å². The van der Waals surface area contributed by atoms with Crippen LogP contribution in [0.1, 0.15) is 11.1 Å². The number of aryl methyl sites for hydroxylation is 2. The fraction of sp³-hybridized carbons (Fsp3) is 0.278. The number of benzene rings is 1. The molecule has 0 aliphatic carbocycles. The Bertz CT molecular complexity index is 1120.